The Balaban J connectivity index is 2.19. The molecule has 20 heavy (non-hydrogen) atoms. The Morgan fingerprint density at radius 1 is 1.25 bits per heavy atom. The third-order valence-electron chi connectivity index (χ3n) is 2.59. The summed E-state index contributed by atoms with van der Waals surface area (Å²) in [7, 11) is -3.98. The summed E-state index contributed by atoms with van der Waals surface area (Å²) in [4.78, 5) is 8.65. The summed E-state index contributed by atoms with van der Waals surface area (Å²) in [5, 5.41) is 4.08. The van der Waals surface area contributed by atoms with Crippen LogP contribution in [0.3, 0.4) is 0 Å². The molecule has 2 aromatic heterocycles. The quantitative estimate of drug-likeness (QED) is 0.645. The molecule has 0 spiro atoms. The first kappa shape index (κ1) is 14.5. The fourth-order valence-corrected chi connectivity index (χ4v) is 2.13. The van der Waals surface area contributed by atoms with E-state index in [2.05, 4.69) is 15.1 Å². The van der Waals surface area contributed by atoms with Crippen molar-refractivity contribution in [2.45, 2.75) is 20.4 Å². The Morgan fingerprint density at radius 2 is 1.90 bits per heavy atom. The van der Waals surface area contributed by atoms with E-state index in [1.165, 1.54) is 4.68 Å². The first-order chi connectivity index (χ1) is 9.33. The van der Waals surface area contributed by atoms with Crippen LogP contribution in [0.5, 0.6) is 0 Å². The lowest BCUT2D eigenvalue weighted by molar-refractivity contribution is -0.750. The van der Waals surface area contributed by atoms with Gasteiger partial charge in [0.05, 0.1) is 0 Å². The molecule has 0 fully saturated rings. The molecule has 1 N–H and O–H groups in total. The van der Waals surface area contributed by atoms with Gasteiger partial charge in [-0.25, -0.2) is 9.97 Å². The molecule has 0 amide bonds. The molecule has 0 saturated carbocycles. The highest BCUT2D eigenvalue weighted by Gasteiger charge is 2.12. The number of nitrogens with zero attached hydrogens (tertiary/aromatic N) is 4. The number of rotatable bonds is 4. The minimum atomic E-state index is -3.98. The van der Waals surface area contributed by atoms with Crippen molar-refractivity contribution < 1.29 is 17.7 Å². The van der Waals surface area contributed by atoms with E-state index in [1.54, 1.807) is 18.5 Å². The first-order valence-corrected chi connectivity index (χ1v) is 7.58. The second-order valence-electron chi connectivity index (χ2n) is 4.44. The number of aryl methyl sites for hydroxylation is 3. The van der Waals surface area contributed by atoms with Crippen LogP contribution in [0.2, 0.25) is 0 Å². The molecule has 2 aromatic rings. The molecule has 0 aliphatic carbocycles. The van der Waals surface area contributed by atoms with Crippen molar-refractivity contribution in [1.29, 1.82) is 0 Å². The molecule has 8 heteroatoms. The van der Waals surface area contributed by atoms with E-state index in [4.69, 9.17) is 4.55 Å². The van der Waals surface area contributed by atoms with E-state index < -0.39 is 10.1 Å². The smallest absolute Gasteiger partial charge is 0.271 e. The predicted octanol–water partition coefficient (Wildman–Crippen LogP) is 0.331. The Kier molecular flexibility index (Phi) is 4.05. The second kappa shape index (κ2) is 5.59. The number of aromatic nitrogens is 4. The molecular formula is C12H15N4O3S+. The van der Waals surface area contributed by atoms with Crippen molar-refractivity contribution >= 4 is 10.1 Å². The lowest BCUT2D eigenvalue weighted by atomic mass is 10.2. The normalized spacial score (nSPS) is 11.6. The van der Waals surface area contributed by atoms with Gasteiger partial charge in [-0.1, -0.05) is 4.68 Å². The van der Waals surface area contributed by atoms with E-state index in [9.17, 15) is 8.42 Å². The van der Waals surface area contributed by atoms with Crippen LogP contribution in [0.4, 0.5) is 0 Å². The first-order valence-electron chi connectivity index (χ1n) is 5.97. The van der Waals surface area contributed by atoms with E-state index in [0.29, 0.717) is 5.82 Å². The molecule has 2 heterocycles. The second-order valence-corrected chi connectivity index (χ2v) is 6.01. The summed E-state index contributed by atoms with van der Waals surface area (Å²) in [6.07, 6.45) is 3.19. The molecule has 106 valence electrons. The Labute approximate surface area is 117 Å². The zero-order valence-electron chi connectivity index (χ0n) is 11.2. The van der Waals surface area contributed by atoms with E-state index in [-0.39, 0.29) is 12.3 Å². The lowest BCUT2D eigenvalue weighted by Crippen LogP contribution is -2.40. The summed E-state index contributed by atoms with van der Waals surface area (Å²) >= 11 is 0. The Hall–Kier alpha value is -1.93. The minimum absolute atomic E-state index is 0.0901. The summed E-state index contributed by atoms with van der Waals surface area (Å²) in [6.45, 7) is 3.87. The van der Waals surface area contributed by atoms with Crippen LogP contribution in [0.1, 0.15) is 11.4 Å². The van der Waals surface area contributed by atoms with Crippen LogP contribution in [0.15, 0.2) is 24.5 Å². The molecule has 0 aliphatic heterocycles. The average molecular weight is 295 g/mol. The van der Waals surface area contributed by atoms with Crippen LogP contribution in [0.25, 0.3) is 11.4 Å². The maximum atomic E-state index is 10.7. The lowest BCUT2D eigenvalue weighted by Gasteiger charge is -2.01. The van der Waals surface area contributed by atoms with E-state index >= 15 is 0 Å². The van der Waals surface area contributed by atoms with Gasteiger partial charge in [0.15, 0.2) is 18.6 Å². The van der Waals surface area contributed by atoms with Gasteiger partial charge in [-0.2, -0.15) is 8.42 Å². The molecule has 0 unspecified atom stereocenters. The van der Waals surface area contributed by atoms with Crippen LogP contribution >= 0.6 is 0 Å². The Bertz CT molecular complexity index is 694. The summed E-state index contributed by atoms with van der Waals surface area (Å²) in [5.74, 6) is 0.210. The highest BCUT2D eigenvalue weighted by Crippen LogP contribution is 2.12. The standard InChI is InChI=1S/C12H14N4O3S/c1-9-7-10(2)15-12(14-9)11-3-4-16(13-8-11)5-6-20(17,18)19/h3-4,7-8H,5-6H2,1-2H3/p+1. The molecular weight excluding hydrogens is 280 g/mol. The van der Waals surface area contributed by atoms with Crippen LogP contribution < -0.4 is 4.68 Å². The minimum Gasteiger partial charge on any atom is -0.285 e. The highest BCUT2D eigenvalue weighted by atomic mass is 32.2. The molecule has 7 nitrogen and oxygen atoms in total. The van der Waals surface area contributed by atoms with Gasteiger partial charge < -0.3 is 0 Å². The van der Waals surface area contributed by atoms with Crippen molar-refractivity contribution in [2.75, 3.05) is 5.75 Å². The van der Waals surface area contributed by atoms with Crippen LogP contribution in [0, 0.1) is 13.8 Å². The van der Waals surface area contributed by atoms with Gasteiger partial charge in [-0.05, 0) is 25.0 Å². The zero-order valence-corrected chi connectivity index (χ0v) is 12.0. The fraction of sp³-hybridized carbons (Fsp3) is 0.333. The molecule has 0 saturated heterocycles. The number of hydrogen-bond acceptors (Lipinski definition) is 5. The van der Waals surface area contributed by atoms with Gasteiger partial charge in [0.2, 0.25) is 0 Å². The van der Waals surface area contributed by atoms with Crippen molar-refractivity contribution in [3.8, 4) is 11.4 Å². The predicted molar refractivity (Wildman–Crippen MR) is 71.3 cm³/mol. The van der Waals surface area contributed by atoms with E-state index in [1.807, 2.05) is 19.9 Å². The summed E-state index contributed by atoms with van der Waals surface area (Å²) < 4.78 is 31.4. The molecule has 0 aromatic carbocycles. The maximum absolute atomic E-state index is 10.7. The van der Waals surface area contributed by atoms with Gasteiger partial charge in [-0.15, -0.1) is 0 Å². The average Bonchev–Trinajstić information content (AvgIpc) is 2.35. The number of hydrogen-bond donors (Lipinski definition) is 1. The van der Waals surface area contributed by atoms with Crippen LogP contribution in [-0.4, -0.2) is 33.8 Å². The molecule has 0 radical (unpaired) electrons. The van der Waals surface area contributed by atoms with Gasteiger partial charge in [-0.3, -0.25) is 4.55 Å². The summed E-state index contributed by atoms with van der Waals surface area (Å²) in [5.41, 5.74) is 2.49. The van der Waals surface area contributed by atoms with Crippen LogP contribution in [-0.2, 0) is 16.7 Å². The molecule has 0 bridgehead atoms. The maximum Gasteiger partial charge on any atom is 0.271 e. The SMILES string of the molecule is Cc1cc(C)nc(-c2cc[n+](CCS(=O)(=O)O)nc2)n1. The van der Waals surface area contributed by atoms with Crippen molar-refractivity contribution in [3.05, 3.63) is 35.9 Å². The van der Waals surface area contributed by atoms with E-state index in [0.717, 1.165) is 17.0 Å². The highest BCUT2D eigenvalue weighted by molar-refractivity contribution is 7.85. The topological polar surface area (TPSA) is 96.9 Å². The largest absolute Gasteiger partial charge is 0.285 e. The molecule has 0 aliphatic rings. The monoisotopic (exact) mass is 295 g/mol. The van der Waals surface area contributed by atoms with Crippen molar-refractivity contribution in [3.63, 3.8) is 0 Å². The van der Waals surface area contributed by atoms with Crippen molar-refractivity contribution in [2.24, 2.45) is 0 Å². The Morgan fingerprint density at radius 3 is 2.40 bits per heavy atom. The zero-order chi connectivity index (χ0) is 14.8. The molecule has 2 rings (SSSR count). The summed E-state index contributed by atoms with van der Waals surface area (Å²) in [6, 6.07) is 3.64. The fourth-order valence-electron chi connectivity index (χ4n) is 1.71. The third kappa shape index (κ3) is 4.04. The van der Waals surface area contributed by atoms with Crippen molar-refractivity contribution in [1.82, 2.24) is 15.1 Å². The third-order valence-corrected chi connectivity index (χ3v) is 3.29. The van der Waals surface area contributed by atoms with Gasteiger partial charge in [0.25, 0.3) is 10.1 Å². The van der Waals surface area contributed by atoms with Gasteiger partial charge in [0.1, 0.15) is 11.9 Å². The van der Waals surface area contributed by atoms with Gasteiger partial charge >= 0.3 is 0 Å². The molecule has 0 atom stereocenters. The van der Waals surface area contributed by atoms with Gasteiger partial charge in [0, 0.05) is 23.0 Å².